The van der Waals surface area contributed by atoms with Gasteiger partial charge in [0.1, 0.15) is 5.76 Å². The molecule has 10 heteroatoms. The van der Waals surface area contributed by atoms with Crippen LogP contribution < -0.4 is 10.6 Å². The number of nitrogens with zero attached hydrogens (tertiary/aromatic N) is 2. The van der Waals surface area contributed by atoms with Crippen molar-refractivity contribution in [2.45, 2.75) is 0 Å². The molecule has 1 unspecified atom stereocenters. The fraction of sp³-hybridized carbons (Fsp3) is 0.105. The molecule has 1 amide bonds. The summed E-state index contributed by atoms with van der Waals surface area (Å²) in [5.74, 6) is -0.911. The van der Waals surface area contributed by atoms with Gasteiger partial charge < -0.3 is 14.2 Å². The van der Waals surface area contributed by atoms with Crippen LogP contribution in [0.1, 0.15) is 16.1 Å². The number of aryl methyl sites for hydroxylation is 1. The molecule has 150 valence electrons. The zero-order chi connectivity index (χ0) is 21.0. The van der Waals surface area contributed by atoms with Gasteiger partial charge in [-0.25, -0.2) is 9.55 Å². The highest BCUT2D eigenvalue weighted by Crippen LogP contribution is 2.37. The molecule has 0 radical (unpaired) electrons. The van der Waals surface area contributed by atoms with E-state index >= 15 is 0 Å². The van der Waals surface area contributed by atoms with Gasteiger partial charge in [0.15, 0.2) is 12.5 Å². The number of nitrogens with one attached hydrogen (secondary N) is 1. The van der Waals surface area contributed by atoms with E-state index in [2.05, 4.69) is 11.6 Å². The number of para-hydroxylation sites is 2. The SMILES string of the molecule is C=C(OCOP(=O)(O)NC(=O)c1nc2ccccc2n(C)c1=O)c1ccccc1. The van der Waals surface area contributed by atoms with Gasteiger partial charge >= 0.3 is 7.75 Å². The first-order valence-electron chi connectivity index (χ1n) is 8.41. The lowest BCUT2D eigenvalue weighted by molar-refractivity contribution is 0.0775. The van der Waals surface area contributed by atoms with Crippen LogP contribution in [-0.2, 0) is 20.9 Å². The van der Waals surface area contributed by atoms with Crippen molar-refractivity contribution >= 4 is 30.4 Å². The minimum Gasteiger partial charge on any atom is -0.467 e. The van der Waals surface area contributed by atoms with Crippen molar-refractivity contribution in [2.75, 3.05) is 6.79 Å². The predicted molar refractivity (Wildman–Crippen MR) is 107 cm³/mol. The van der Waals surface area contributed by atoms with Gasteiger partial charge in [-0.2, -0.15) is 0 Å². The third-order valence-corrected chi connectivity index (χ3v) is 4.94. The topological polar surface area (TPSA) is 120 Å². The van der Waals surface area contributed by atoms with Crippen LogP contribution in [0.4, 0.5) is 0 Å². The molecule has 0 saturated heterocycles. The second kappa shape index (κ2) is 8.40. The zero-order valence-electron chi connectivity index (χ0n) is 15.4. The van der Waals surface area contributed by atoms with Gasteiger partial charge in [0.2, 0.25) is 0 Å². The highest BCUT2D eigenvalue weighted by atomic mass is 31.2. The number of fused-ring (bicyclic) bond motifs is 1. The van der Waals surface area contributed by atoms with Gasteiger partial charge in [0.05, 0.1) is 11.0 Å². The lowest BCUT2D eigenvalue weighted by Gasteiger charge is -2.15. The Morgan fingerprint density at radius 3 is 2.59 bits per heavy atom. The lowest BCUT2D eigenvalue weighted by Crippen LogP contribution is -2.33. The molecule has 0 aliphatic rings. The summed E-state index contributed by atoms with van der Waals surface area (Å²) in [6, 6.07) is 15.5. The molecule has 1 aromatic heterocycles. The maximum atomic E-state index is 12.4. The van der Waals surface area contributed by atoms with E-state index in [-0.39, 0.29) is 5.76 Å². The molecule has 29 heavy (non-hydrogen) atoms. The van der Waals surface area contributed by atoms with Crippen LogP contribution in [0.5, 0.6) is 0 Å². The van der Waals surface area contributed by atoms with Crippen LogP contribution in [0, 0.1) is 0 Å². The van der Waals surface area contributed by atoms with Crippen molar-refractivity contribution in [3.05, 3.63) is 82.8 Å². The van der Waals surface area contributed by atoms with E-state index in [0.29, 0.717) is 16.6 Å². The van der Waals surface area contributed by atoms with E-state index in [0.717, 1.165) is 0 Å². The van der Waals surface area contributed by atoms with E-state index in [4.69, 9.17) is 9.26 Å². The number of carbonyl (C=O) groups excluding carboxylic acids is 1. The third-order valence-electron chi connectivity index (χ3n) is 4.00. The molecule has 1 heterocycles. The first-order chi connectivity index (χ1) is 13.8. The Bertz CT molecular complexity index is 1180. The average Bonchev–Trinajstić information content (AvgIpc) is 2.70. The molecule has 3 aromatic rings. The van der Waals surface area contributed by atoms with Crippen molar-refractivity contribution in [3.8, 4) is 0 Å². The third kappa shape index (κ3) is 4.78. The van der Waals surface area contributed by atoms with Gasteiger partial charge in [0, 0.05) is 12.6 Å². The molecule has 0 aliphatic heterocycles. The van der Waals surface area contributed by atoms with Crippen LogP contribution in [0.2, 0.25) is 0 Å². The summed E-state index contributed by atoms with van der Waals surface area (Å²) in [7, 11) is -3.14. The highest BCUT2D eigenvalue weighted by molar-refractivity contribution is 7.51. The Morgan fingerprint density at radius 2 is 1.86 bits per heavy atom. The Kier molecular flexibility index (Phi) is 5.93. The van der Waals surface area contributed by atoms with Gasteiger partial charge in [-0.1, -0.05) is 49.0 Å². The number of rotatable bonds is 7. The van der Waals surface area contributed by atoms with Gasteiger partial charge in [-0.05, 0) is 12.1 Å². The molecule has 0 bridgehead atoms. The number of hydrogen-bond donors (Lipinski definition) is 2. The number of aromatic nitrogens is 2. The summed E-state index contributed by atoms with van der Waals surface area (Å²) < 4.78 is 23.3. The maximum absolute atomic E-state index is 12.4. The van der Waals surface area contributed by atoms with E-state index in [1.165, 1.54) is 11.6 Å². The molecule has 0 saturated carbocycles. The largest absolute Gasteiger partial charge is 0.467 e. The molecule has 0 spiro atoms. The van der Waals surface area contributed by atoms with E-state index in [9.17, 15) is 19.0 Å². The number of hydrogen-bond acceptors (Lipinski definition) is 6. The summed E-state index contributed by atoms with van der Waals surface area (Å²) in [6.07, 6.45) is 0. The lowest BCUT2D eigenvalue weighted by atomic mass is 10.2. The Labute approximate surface area is 165 Å². The van der Waals surface area contributed by atoms with Crippen LogP contribution in [0.3, 0.4) is 0 Å². The number of ether oxygens (including phenoxy) is 1. The Hall–Kier alpha value is -3.26. The second-order valence-corrected chi connectivity index (χ2v) is 7.48. The minimum atomic E-state index is -4.61. The van der Waals surface area contributed by atoms with Gasteiger partial charge in [-0.3, -0.25) is 19.2 Å². The predicted octanol–water partition coefficient (Wildman–Crippen LogP) is 2.43. The maximum Gasteiger partial charge on any atom is 0.435 e. The van der Waals surface area contributed by atoms with E-state index < -0.39 is 31.7 Å². The molecule has 0 fully saturated rings. The monoisotopic (exact) mass is 415 g/mol. The van der Waals surface area contributed by atoms with Crippen molar-refractivity contribution in [2.24, 2.45) is 7.05 Å². The Morgan fingerprint density at radius 1 is 1.21 bits per heavy atom. The molecular weight excluding hydrogens is 397 g/mol. The fourth-order valence-corrected chi connectivity index (χ4v) is 3.14. The highest BCUT2D eigenvalue weighted by Gasteiger charge is 2.27. The van der Waals surface area contributed by atoms with Crippen LogP contribution in [0.25, 0.3) is 16.8 Å². The van der Waals surface area contributed by atoms with Crippen molar-refractivity contribution in [1.29, 1.82) is 0 Å². The smallest absolute Gasteiger partial charge is 0.435 e. The van der Waals surface area contributed by atoms with Crippen molar-refractivity contribution in [1.82, 2.24) is 14.6 Å². The average molecular weight is 415 g/mol. The van der Waals surface area contributed by atoms with E-state index in [1.54, 1.807) is 53.6 Å². The molecule has 9 nitrogen and oxygen atoms in total. The summed E-state index contributed by atoms with van der Waals surface area (Å²) in [4.78, 5) is 38.5. The first kappa shape index (κ1) is 20.5. The molecule has 2 aromatic carbocycles. The molecule has 1 atom stereocenters. The van der Waals surface area contributed by atoms with Crippen molar-refractivity contribution < 1.29 is 23.5 Å². The summed E-state index contributed by atoms with van der Waals surface area (Å²) in [5.41, 5.74) is 0.326. The summed E-state index contributed by atoms with van der Waals surface area (Å²) >= 11 is 0. The zero-order valence-corrected chi connectivity index (χ0v) is 16.3. The number of amides is 1. The van der Waals surface area contributed by atoms with E-state index in [1.807, 2.05) is 6.07 Å². The second-order valence-electron chi connectivity index (χ2n) is 5.96. The standard InChI is InChI=1S/C19H18N3O6P/c1-13(14-8-4-3-5-9-14)27-12-28-29(25,26)21-18(23)17-19(24)22(2)16-11-7-6-10-15(16)20-17/h3-11H,1,12H2,2H3,(H2,21,23,25,26). The molecule has 3 rings (SSSR count). The summed E-state index contributed by atoms with van der Waals surface area (Å²) in [5, 5.41) is 1.78. The van der Waals surface area contributed by atoms with Crippen LogP contribution in [-0.4, -0.2) is 27.1 Å². The number of carbonyl (C=O) groups is 1. The van der Waals surface area contributed by atoms with Crippen molar-refractivity contribution in [3.63, 3.8) is 0 Å². The van der Waals surface area contributed by atoms with Crippen LogP contribution in [0.15, 0.2) is 66.0 Å². The molecule has 2 N–H and O–H groups in total. The minimum absolute atomic E-state index is 0.224. The fourth-order valence-electron chi connectivity index (χ4n) is 2.52. The van der Waals surface area contributed by atoms with Crippen LogP contribution >= 0.6 is 7.75 Å². The number of benzene rings is 2. The summed E-state index contributed by atoms with van der Waals surface area (Å²) in [6.45, 7) is 3.05. The van der Waals surface area contributed by atoms with Gasteiger partial charge in [0.25, 0.3) is 11.5 Å². The molecule has 0 aliphatic carbocycles. The Balaban J connectivity index is 1.67. The quantitative estimate of drug-likeness (QED) is 0.345. The molecular formula is C19H18N3O6P. The first-order valence-corrected chi connectivity index (χ1v) is 9.99. The normalized spacial score (nSPS) is 12.9. The van der Waals surface area contributed by atoms with Gasteiger partial charge in [-0.15, -0.1) is 0 Å².